The van der Waals surface area contributed by atoms with Gasteiger partial charge in [0.05, 0.1) is 17.9 Å². The molecule has 1 aromatic carbocycles. The standard InChI is InChI=1S/C27H31FN8O/c1-19-9-13-35(23-17-22(32-33-27(23)29)21-5-2-3-6-24(21)37)15-16-36(19)26-8-11-30-25(31-26)7-4-12-34-14-10-20(34)18-28/h2-3,5-6,8,11,17,19-20,37H,9-10,12-16,18H2,1H3,(H2,29,33). The predicted octanol–water partition coefficient (Wildman–Crippen LogP) is 2.72. The number of anilines is 3. The third kappa shape index (κ3) is 5.42. The van der Waals surface area contributed by atoms with Gasteiger partial charge in [-0.05, 0) is 50.0 Å². The Hall–Kier alpha value is -3.97. The van der Waals surface area contributed by atoms with Gasteiger partial charge in [0.1, 0.15) is 18.2 Å². The lowest BCUT2D eigenvalue weighted by atomic mass is 10.1. The molecule has 2 fully saturated rings. The molecule has 0 spiro atoms. The maximum absolute atomic E-state index is 12.9. The number of nitrogens with zero attached hydrogens (tertiary/aromatic N) is 7. The number of hydrogen-bond acceptors (Lipinski definition) is 9. The molecule has 2 aliphatic rings. The molecule has 5 rings (SSSR count). The number of rotatable bonds is 5. The molecule has 0 amide bonds. The van der Waals surface area contributed by atoms with Crippen molar-refractivity contribution in [3.8, 4) is 28.8 Å². The first kappa shape index (κ1) is 24.7. The monoisotopic (exact) mass is 502 g/mol. The molecule has 10 heteroatoms. The summed E-state index contributed by atoms with van der Waals surface area (Å²) < 4.78 is 12.9. The van der Waals surface area contributed by atoms with E-state index in [0.717, 1.165) is 44.0 Å². The normalized spacial score (nSPS) is 20.1. The lowest BCUT2D eigenvalue weighted by molar-refractivity contribution is 0.0857. The number of aromatic hydroxyl groups is 1. The van der Waals surface area contributed by atoms with Crippen LogP contribution < -0.4 is 15.5 Å². The lowest BCUT2D eigenvalue weighted by Gasteiger charge is -2.37. The van der Waals surface area contributed by atoms with E-state index in [9.17, 15) is 9.50 Å². The largest absolute Gasteiger partial charge is 0.507 e. The highest BCUT2D eigenvalue weighted by Gasteiger charge is 2.27. The summed E-state index contributed by atoms with van der Waals surface area (Å²) in [6.07, 6.45) is 3.52. The van der Waals surface area contributed by atoms with Gasteiger partial charge in [-0.3, -0.25) is 4.90 Å². The maximum Gasteiger partial charge on any atom is 0.206 e. The van der Waals surface area contributed by atoms with E-state index in [1.54, 1.807) is 18.3 Å². The number of aromatic nitrogens is 4. The molecule has 0 aliphatic carbocycles. The quantitative estimate of drug-likeness (QED) is 0.509. The van der Waals surface area contributed by atoms with Crippen LogP contribution in [0.4, 0.5) is 21.7 Å². The van der Waals surface area contributed by atoms with Gasteiger partial charge in [-0.1, -0.05) is 18.1 Å². The number of halogens is 1. The molecule has 0 bridgehead atoms. The Labute approximate surface area is 216 Å². The second-order valence-electron chi connectivity index (χ2n) is 9.44. The third-order valence-corrected chi connectivity index (χ3v) is 7.14. The average Bonchev–Trinajstić information content (AvgIpc) is 3.08. The van der Waals surface area contributed by atoms with Gasteiger partial charge in [-0.25, -0.2) is 14.4 Å². The van der Waals surface area contributed by atoms with E-state index in [0.29, 0.717) is 36.0 Å². The fourth-order valence-corrected chi connectivity index (χ4v) is 4.77. The number of nitrogen functional groups attached to an aromatic ring is 1. The predicted molar refractivity (Wildman–Crippen MR) is 142 cm³/mol. The smallest absolute Gasteiger partial charge is 0.206 e. The van der Waals surface area contributed by atoms with E-state index in [4.69, 9.17) is 10.7 Å². The number of para-hydroxylation sites is 1. The van der Waals surface area contributed by atoms with Crippen molar-refractivity contribution in [2.45, 2.75) is 31.8 Å². The van der Waals surface area contributed by atoms with Crippen LogP contribution in [0.2, 0.25) is 0 Å². The summed E-state index contributed by atoms with van der Waals surface area (Å²) in [5, 5.41) is 18.6. The van der Waals surface area contributed by atoms with Crippen LogP contribution in [0.15, 0.2) is 42.6 Å². The summed E-state index contributed by atoms with van der Waals surface area (Å²) in [6, 6.07) is 11.1. The first-order chi connectivity index (χ1) is 18.0. The van der Waals surface area contributed by atoms with E-state index in [-0.39, 0.29) is 24.5 Å². The molecule has 37 heavy (non-hydrogen) atoms. The lowest BCUT2D eigenvalue weighted by Crippen LogP contribution is -2.48. The summed E-state index contributed by atoms with van der Waals surface area (Å²) in [5.41, 5.74) is 8.23. The van der Waals surface area contributed by atoms with Gasteiger partial charge >= 0.3 is 0 Å². The molecule has 9 nitrogen and oxygen atoms in total. The second kappa shape index (κ2) is 11.0. The average molecular weight is 503 g/mol. The number of nitrogens with two attached hydrogens (primary N) is 1. The van der Waals surface area contributed by atoms with Crippen molar-refractivity contribution in [1.29, 1.82) is 0 Å². The van der Waals surface area contributed by atoms with E-state index < -0.39 is 0 Å². The molecule has 4 heterocycles. The first-order valence-corrected chi connectivity index (χ1v) is 12.6. The van der Waals surface area contributed by atoms with Crippen LogP contribution >= 0.6 is 0 Å². The van der Waals surface area contributed by atoms with Crippen LogP contribution in [0.1, 0.15) is 25.6 Å². The van der Waals surface area contributed by atoms with E-state index >= 15 is 0 Å². The molecule has 0 saturated carbocycles. The highest BCUT2D eigenvalue weighted by molar-refractivity contribution is 5.74. The highest BCUT2D eigenvalue weighted by atomic mass is 19.1. The maximum atomic E-state index is 12.9. The van der Waals surface area contributed by atoms with Crippen LogP contribution in [-0.4, -0.2) is 81.7 Å². The summed E-state index contributed by atoms with van der Waals surface area (Å²) in [6.45, 7) is 5.50. The zero-order valence-electron chi connectivity index (χ0n) is 20.9. The summed E-state index contributed by atoms with van der Waals surface area (Å²) in [4.78, 5) is 15.5. The van der Waals surface area contributed by atoms with Gasteiger partial charge in [0.15, 0.2) is 5.82 Å². The molecule has 3 N–H and O–H groups in total. The first-order valence-electron chi connectivity index (χ1n) is 12.6. The van der Waals surface area contributed by atoms with Crippen molar-refractivity contribution < 1.29 is 9.50 Å². The second-order valence-corrected chi connectivity index (χ2v) is 9.44. The van der Waals surface area contributed by atoms with Crippen LogP contribution in [-0.2, 0) is 0 Å². The third-order valence-electron chi connectivity index (χ3n) is 7.14. The van der Waals surface area contributed by atoms with Crippen molar-refractivity contribution in [3.63, 3.8) is 0 Å². The molecule has 0 radical (unpaired) electrons. The van der Waals surface area contributed by atoms with Gasteiger partial charge in [-0.15, -0.1) is 10.2 Å². The van der Waals surface area contributed by atoms with Crippen LogP contribution in [0.5, 0.6) is 5.75 Å². The van der Waals surface area contributed by atoms with Gasteiger partial charge in [0, 0.05) is 50.0 Å². The minimum Gasteiger partial charge on any atom is -0.507 e. The number of likely N-dealkylation sites (tertiary alicyclic amines) is 1. The van der Waals surface area contributed by atoms with Crippen molar-refractivity contribution >= 4 is 17.3 Å². The summed E-state index contributed by atoms with van der Waals surface area (Å²) >= 11 is 0. The van der Waals surface area contributed by atoms with E-state index in [1.165, 1.54) is 0 Å². The molecule has 2 saturated heterocycles. The zero-order chi connectivity index (χ0) is 25.8. The van der Waals surface area contributed by atoms with Crippen LogP contribution in [0.25, 0.3) is 11.3 Å². The number of hydrogen-bond donors (Lipinski definition) is 2. The fraction of sp³-hybridized carbons (Fsp3) is 0.407. The zero-order valence-corrected chi connectivity index (χ0v) is 20.9. The Morgan fingerprint density at radius 1 is 1.11 bits per heavy atom. The van der Waals surface area contributed by atoms with Gasteiger partial charge in [0.2, 0.25) is 5.82 Å². The van der Waals surface area contributed by atoms with E-state index in [2.05, 4.69) is 43.7 Å². The molecule has 2 unspecified atom stereocenters. The molecule has 2 aliphatic heterocycles. The molecule has 2 aromatic heterocycles. The number of phenols is 1. The highest BCUT2D eigenvalue weighted by Crippen LogP contribution is 2.32. The molecule has 2 atom stereocenters. The van der Waals surface area contributed by atoms with Gasteiger partial charge in [-0.2, -0.15) is 0 Å². The fourth-order valence-electron chi connectivity index (χ4n) is 4.77. The SMILES string of the molecule is CC1CCN(c2cc(-c3ccccc3O)nnc2N)CCN1c1ccnc(C#CCN2CCC2CF)n1. The van der Waals surface area contributed by atoms with Gasteiger partial charge < -0.3 is 20.6 Å². The van der Waals surface area contributed by atoms with Crippen molar-refractivity contribution in [2.24, 2.45) is 0 Å². The number of alkyl halides is 1. The van der Waals surface area contributed by atoms with Crippen molar-refractivity contribution in [1.82, 2.24) is 25.1 Å². The number of benzene rings is 1. The Bertz CT molecular complexity index is 1310. The minimum absolute atomic E-state index is 0.00143. The summed E-state index contributed by atoms with van der Waals surface area (Å²) in [7, 11) is 0. The molecule has 192 valence electrons. The molecule has 3 aromatic rings. The topological polar surface area (TPSA) is 108 Å². The minimum atomic E-state index is -0.325. The van der Waals surface area contributed by atoms with Crippen molar-refractivity contribution in [3.05, 3.63) is 48.4 Å². The Kier molecular flexibility index (Phi) is 7.32. The van der Waals surface area contributed by atoms with Crippen molar-refractivity contribution in [2.75, 3.05) is 54.9 Å². The van der Waals surface area contributed by atoms with Crippen LogP contribution in [0.3, 0.4) is 0 Å². The van der Waals surface area contributed by atoms with Crippen LogP contribution in [0, 0.1) is 11.8 Å². The Balaban J connectivity index is 1.30. The molecular formula is C27H31FN8O. The van der Waals surface area contributed by atoms with Gasteiger partial charge in [0.25, 0.3) is 0 Å². The number of phenolic OH excluding ortho intramolecular Hbond substituents is 1. The Morgan fingerprint density at radius 2 is 1.97 bits per heavy atom. The Morgan fingerprint density at radius 3 is 2.76 bits per heavy atom. The summed E-state index contributed by atoms with van der Waals surface area (Å²) in [5.74, 6) is 7.94. The molecular weight excluding hydrogens is 471 g/mol. The van der Waals surface area contributed by atoms with E-state index in [1.807, 2.05) is 29.2 Å².